The molecule has 2 aliphatic rings. The van der Waals surface area contributed by atoms with Gasteiger partial charge in [0.2, 0.25) is 0 Å². The van der Waals surface area contributed by atoms with Gasteiger partial charge >= 0.3 is 12.1 Å². The minimum absolute atomic E-state index is 0.126. The number of methoxy groups -OCH3 is 2. The standard InChI is InChI=1S/C29H46N2O6/c1-17(2)12-20-16-31-11-10-19-13-24(34-8)25(35-9)14-21(19)22(31)15-23(20)36-27(32)26(18(3)4)30-28(33)37-29(5,6)7/h13-14,17-18,20,22-23,26H,10-12,15-16H2,1-9H3,(H,30,33)/t20-,22-,23-,26?/m1/s1. The molecule has 1 unspecified atom stereocenters. The van der Waals surface area contributed by atoms with Crippen LogP contribution in [-0.4, -0.2) is 62.0 Å². The minimum atomic E-state index is -0.782. The number of carbonyl (C=O) groups excluding carboxylic acids is 2. The van der Waals surface area contributed by atoms with E-state index in [2.05, 4.69) is 36.2 Å². The molecule has 2 aliphatic heterocycles. The summed E-state index contributed by atoms with van der Waals surface area (Å²) in [6, 6.07) is 3.50. The van der Waals surface area contributed by atoms with E-state index in [4.69, 9.17) is 18.9 Å². The van der Waals surface area contributed by atoms with E-state index >= 15 is 0 Å². The summed E-state index contributed by atoms with van der Waals surface area (Å²) in [6.07, 6.45) is 1.74. The van der Waals surface area contributed by atoms with Crippen molar-refractivity contribution in [2.24, 2.45) is 17.8 Å². The molecule has 37 heavy (non-hydrogen) atoms. The van der Waals surface area contributed by atoms with E-state index in [-0.39, 0.29) is 24.0 Å². The zero-order valence-corrected chi connectivity index (χ0v) is 24.1. The summed E-state index contributed by atoms with van der Waals surface area (Å²) in [4.78, 5) is 28.4. The van der Waals surface area contributed by atoms with E-state index < -0.39 is 23.7 Å². The zero-order chi connectivity index (χ0) is 27.5. The van der Waals surface area contributed by atoms with Gasteiger partial charge in [0.05, 0.1) is 14.2 Å². The highest BCUT2D eigenvalue weighted by Crippen LogP contribution is 2.44. The van der Waals surface area contributed by atoms with Gasteiger partial charge in [0.1, 0.15) is 17.7 Å². The first-order valence-corrected chi connectivity index (χ1v) is 13.5. The number of benzene rings is 1. The first-order chi connectivity index (χ1) is 17.3. The number of nitrogens with zero attached hydrogens (tertiary/aromatic N) is 1. The van der Waals surface area contributed by atoms with Gasteiger partial charge in [-0.1, -0.05) is 27.7 Å². The van der Waals surface area contributed by atoms with Crippen LogP contribution in [0.4, 0.5) is 4.79 Å². The Balaban J connectivity index is 1.84. The molecule has 8 nitrogen and oxygen atoms in total. The molecule has 0 saturated carbocycles. The van der Waals surface area contributed by atoms with Crippen molar-refractivity contribution in [1.29, 1.82) is 0 Å². The highest BCUT2D eigenvalue weighted by molar-refractivity contribution is 5.81. The van der Waals surface area contributed by atoms with Crippen LogP contribution in [0.5, 0.6) is 11.5 Å². The van der Waals surface area contributed by atoms with Gasteiger partial charge in [0.25, 0.3) is 0 Å². The van der Waals surface area contributed by atoms with Gasteiger partial charge in [0, 0.05) is 31.5 Å². The van der Waals surface area contributed by atoms with E-state index in [1.54, 1.807) is 35.0 Å². The summed E-state index contributed by atoms with van der Waals surface area (Å²) in [5.74, 6) is 1.59. The number of hydrogen-bond acceptors (Lipinski definition) is 7. The molecule has 3 rings (SSSR count). The lowest BCUT2D eigenvalue weighted by atomic mass is 9.79. The Labute approximate surface area is 222 Å². The highest BCUT2D eigenvalue weighted by atomic mass is 16.6. The van der Waals surface area contributed by atoms with Crippen LogP contribution in [0.2, 0.25) is 0 Å². The second-order valence-corrected chi connectivity index (χ2v) is 12.1. The number of hydrogen-bond donors (Lipinski definition) is 1. The average Bonchev–Trinajstić information content (AvgIpc) is 2.80. The Morgan fingerprint density at radius 1 is 1.08 bits per heavy atom. The average molecular weight is 519 g/mol. The van der Waals surface area contributed by atoms with Crippen molar-refractivity contribution < 1.29 is 28.5 Å². The Hall–Kier alpha value is -2.48. The molecule has 0 radical (unpaired) electrons. The third kappa shape index (κ3) is 7.30. The molecule has 208 valence electrons. The monoisotopic (exact) mass is 518 g/mol. The fourth-order valence-corrected chi connectivity index (χ4v) is 5.54. The van der Waals surface area contributed by atoms with Crippen LogP contribution in [0, 0.1) is 17.8 Å². The third-order valence-corrected chi connectivity index (χ3v) is 7.20. The lowest BCUT2D eigenvalue weighted by molar-refractivity contribution is -0.161. The van der Waals surface area contributed by atoms with E-state index in [1.807, 2.05) is 13.8 Å². The molecule has 2 heterocycles. The summed E-state index contributed by atoms with van der Waals surface area (Å²) in [5.41, 5.74) is 1.81. The van der Waals surface area contributed by atoms with Gasteiger partial charge in [-0.2, -0.15) is 0 Å². The Morgan fingerprint density at radius 3 is 2.30 bits per heavy atom. The molecule has 1 saturated heterocycles. The van der Waals surface area contributed by atoms with Crippen LogP contribution in [0.3, 0.4) is 0 Å². The van der Waals surface area contributed by atoms with Crippen LogP contribution in [0.25, 0.3) is 0 Å². The molecule has 8 heteroatoms. The van der Waals surface area contributed by atoms with Crippen LogP contribution < -0.4 is 14.8 Å². The largest absolute Gasteiger partial charge is 0.493 e. The van der Waals surface area contributed by atoms with Gasteiger partial charge in [-0.05, 0) is 68.7 Å². The van der Waals surface area contributed by atoms with E-state index in [0.717, 1.165) is 31.7 Å². The minimum Gasteiger partial charge on any atom is -0.493 e. The topological polar surface area (TPSA) is 86.3 Å². The van der Waals surface area contributed by atoms with E-state index in [9.17, 15) is 9.59 Å². The van der Waals surface area contributed by atoms with Crippen molar-refractivity contribution in [1.82, 2.24) is 10.2 Å². The van der Waals surface area contributed by atoms with Crippen molar-refractivity contribution in [2.45, 2.75) is 91.5 Å². The molecule has 1 N–H and O–H groups in total. The molecule has 1 aromatic carbocycles. The molecule has 0 aromatic heterocycles. The highest BCUT2D eigenvalue weighted by Gasteiger charge is 2.42. The molecule has 0 bridgehead atoms. The van der Waals surface area contributed by atoms with Crippen LogP contribution in [-0.2, 0) is 20.7 Å². The molecule has 4 atom stereocenters. The number of fused-ring (bicyclic) bond motifs is 3. The summed E-state index contributed by atoms with van der Waals surface area (Å²) in [7, 11) is 3.31. The first kappa shape index (κ1) is 29.1. The number of rotatable bonds is 8. The maximum atomic E-state index is 13.4. The van der Waals surface area contributed by atoms with Crippen LogP contribution in [0.15, 0.2) is 12.1 Å². The SMILES string of the molecule is COc1cc2c(cc1OC)[C@H]1C[C@@H](OC(=O)C(NC(=O)OC(C)(C)C)C(C)C)[C@H](CC(C)C)CN1CC2. The second kappa shape index (κ2) is 11.9. The molecule has 1 aromatic rings. The normalized spacial score (nSPS) is 22.6. The molecule has 1 fully saturated rings. The van der Waals surface area contributed by atoms with E-state index in [0.29, 0.717) is 18.1 Å². The number of piperidine rings is 1. The molecule has 0 aliphatic carbocycles. The van der Waals surface area contributed by atoms with Crippen molar-refractivity contribution >= 4 is 12.1 Å². The fraction of sp³-hybridized carbons (Fsp3) is 0.724. The van der Waals surface area contributed by atoms with Gasteiger partial charge < -0.3 is 24.3 Å². The molecule has 0 spiro atoms. The van der Waals surface area contributed by atoms with Crippen molar-refractivity contribution in [3.63, 3.8) is 0 Å². The van der Waals surface area contributed by atoms with Gasteiger partial charge in [0.15, 0.2) is 11.5 Å². The Bertz CT molecular complexity index is 954. The van der Waals surface area contributed by atoms with E-state index in [1.165, 1.54) is 11.1 Å². The quantitative estimate of drug-likeness (QED) is 0.478. The zero-order valence-electron chi connectivity index (χ0n) is 24.1. The molecule has 1 amide bonds. The Morgan fingerprint density at radius 2 is 1.73 bits per heavy atom. The maximum absolute atomic E-state index is 13.4. The van der Waals surface area contributed by atoms with Gasteiger partial charge in [-0.3, -0.25) is 4.90 Å². The molecular formula is C29H46N2O6. The third-order valence-electron chi connectivity index (χ3n) is 7.20. The van der Waals surface area contributed by atoms with Crippen molar-refractivity contribution in [3.8, 4) is 11.5 Å². The lowest BCUT2D eigenvalue weighted by Gasteiger charge is -2.47. The predicted molar refractivity (Wildman–Crippen MR) is 143 cm³/mol. The predicted octanol–water partition coefficient (Wildman–Crippen LogP) is 5.13. The summed E-state index contributed by atoms with van der Waals surface area (Å²) in [6.45, 7) is 15.4. The summed E-state index contributed by atoms with van der Waals surface area (Å²) >= 11 is 0. The van der Waals surface area contributed by atoms with Crippen LogP contribution >= 0.6 is 0 Å². The van der Waals surface area contributed by atoms with Gasteiger partial charge in [-0.25, -0.2) is 9.59 Å². The van der Waals surface area contributed by atoms with Crippen molar-refractivity contribution in [3.05, 3.63) is 23.3 Å². The maximum Gasteiger partial charge on any atom is 0.408 e. The number of alkyl carbamates (subject to hydrolysis) is 1. The lowest BCUT2D eigenvalue weighted by Crippen LogP contribution is -2.52. The number of carbonyl (C=O) groups is 2. The number of ether oxygens (including phenoxy) is 4. The fourth-order valence-electron chi connectivity index (χ4n) is 5.54. The smallest absolute Gasteiger partial charge is 0.408 e. The summed E-state index contributed by atoms with van der Waals surface area (Å²) < 4.78 is 22.8. The Kier molecular flexibility index (Phi) is 9.37. The summed E-state index contributed by atoms with van der Waals surface area (Å²) in [5, 5.41) is 2.74. The first-order valence-electron chi connectivity index (χ1n) is 13.5. The number of nitrogens with one attached hydrogen (secondary N) is 1. The second-order valence-electron chi connectivity index (χ2n) is 12.1. The number of amides is 1. The number of esters is 1. The molecular weight excluding hydrogens is 472 g/mol. The van der Waals surface area contributed by atoms with Crippen LogP contribution in [0.1, 0.15) is 78.5 Å². The van der Waals surface area contributed by atoms with Crippen molar-refractivity contribution in [2.75, 3.05) is 27.3 Å². The van der Waals surface area contributed by atoms with Gasteiger partial charge in [-0.15, -0.1) is 0 Å².